The number of nitrogens with zero attached hydrogens (tertiary/aromatic N) is 2. The van der Waals surface area contributed by atoms with Crippen LogP contribution in [0.2, 0.25) is 5.02 Å². The molecule has 0 saturated heterocycles. The molecule has 4 rings (SSSR count). The van der Waals surface area contributed by atoms with Crippen molar-refractivity contribution in [2.24, 2.45) is 0 Å². The smallest absolute Gasteiger partial charge is 0.268 e. The Kier molecular flexibility index (Phi) is 5.80. The minimum Gasteiger partial charge on any atom is -0.268 e. The van der Waals surface area contributed by atoms with Crippen molar-refractivity contribution in [2.75, 3.05) is 4.90 Å². The van der Waals surface area contributed by atoms with Gasteiger partial charge in [-0.1, -0.05) is 46.8 Å². The summed E-state index contributed by atoms with van der Waals surface area (Å²) < 4.78 is 26.2. The Bertz CT molecular complexity index is 1110. The number of rotatable bonds is 5. The van der Waals surface area contributed by atoms with Gasteiger partial charge >= 0.3 is 0 Å². The van der Waals surface area contributed by atoms with Crippen molar-refractivity contribution in [1.29, 1.82) is 0 Å². The first-order chi connectivity index (χ1) is 14.0. The molecule has 0 aliphatic carbocycles. The van der Waals surface area contributed by atoms with E-state index < -0.39 is 5.76 Å². The predicted octanol–water partition coefficient (Wildman–Crippen LogP) is 7.24. The number of alkyl halides is 2. The number of thiazole rings is 1. The molecule has 0 unspecified atom stereocenters. The first kappa shape index (κ1) is 19.8. The molecule has 0 aliphatic heterocycles. The molecule has 0 radical (unpaired) electrons. The van der Waals surface area contributed by atoms with Crippen molar-refractivity contribution in [1.82, 2.24) is 4.98 Å². The van der Waals surface area contributed by atoms with Gasteiger partial charge < -0.3 is 0 Å². The van der Waals surface area contributed by atoms with Gasteiger partial charge in [0.1, 0.15) is 0 Å². The number of para-hydroxylation sites is 1. The highest BCUT2D eigenvalue weighted by Gasteiger charge is 2.23. The first-order valence-electron chi connectivity index (χ1n) is 8.52. The fourth-order valence-electron chi connectivity index (χ4n) is 2.77. The summed E-state index contributed by atoms with van der Waals surface area (Å²) in [6, 6.07) is 20.6. The summed E-state index contributed by atoms with van der Waals surface area (Å²) in [7, 11) is 0. The standard InChI is InChI=1S/C21H13ClF2N2OS2/c22-14-7-5-13(6-8-14)19(27)26(15-9-11-16(12-10-15)28-20(23)24)21-25-17-3-1-2-4-18(17)29-21/h1-12,20H. The van der Waals surface area contributed by atoms with Crippen LogP contribution in [0.1, 0.15) is 10.4 Å². The molecule has 0 fully saturated rings. The molecule has 0 bridgehead atoms. The number of fused-ring (bicyclic) bond motifs is 1. The zero-order chi connectivity index (χ0) is 20.4. The molecular formula is C21H13ClF2N2OS2. The van der Waals surface area contributed by atoms with Gasteiger partial charge in [-0.25, -0.2) is 4.98 Å². The Balaban J connectivity index is 1.78. The highest BCUT2D eigenvalue weighted by Crippen LogP contribution is 2.36. The highest BCUT2D eigenvalue weighted by atomic mass is 35.5. The number of halogens is 3. The predicted molar refractivity (Wildman–Crippen MR) is 116 cm³/mol. The SMILES string of the molecule is O=C(c1ccc(Cl)cc1)N(c1ccc(SC(F)F)cc1)c1nc2ccccc2s1. The fraction of sp³-hybridized carbons (Fsp3) is 0.0476. The van der Waals surface area contributed by atoms with Crippen molar-refractivity contribution in [2.45, 2.75) is 10.7 Å². The number of carbonyl (C=O) groups is 1. The number of hydrogen-bond acceptors (Lipinski definition) is 4. The average Bonchev–Trinajstić information content (AvgIpc) is 3.13. The Hall–Kier alpha value is -2.48. The molecule has 0 N–H and O–H groups in total. The number of anilines is 2. The van der Waals surface area contributed by atoms with E-state index in [-0.39, 0.29) is 5.91 Å². The van der Waals surface area contributed by atoms with Crippen LogP contribution in [0.4, 0.5) is 19.6 Å². The molecule has 0 saturated carbocycles. The number of amides is 1. The van der Waals surface area contributed by atoms with Gasteiger partial charge in [-0.3, -0.25) is 9.69 Å². The second-order valence-electron chi connectivity index (χ2n) is 5.98. The summed E-state index contributed by atoms with van der Waals surface area (Å²) in [6.45, 7) is 0. The average molecular weight is 447 g/mol. The molecule has 29 heavy (non-hydrogen) atoms. The maximum Gasteiger partial charge on any atom is 0.288 e. The molecule has 1 amide bonds. The molecule has 0 atom stereocenters. The lowest BCUT2D eigenvalue weighted by molar-refractivity contribution is 0.0999. The van der Waals surface area contributed by atoms with Crippen LogP contribution in [0.25, 0.3) is 10.2 Å². The summed E-state index contributed by atoms with van der Waals surface area (Å²) >= 11 is 7.79. The normalized spacial score (nSPS) is 11.2. The van der Waals surface area contributed by atoms with Gasteiger partial charge in [0.15, 0.2) is 5.13 Å². The Morgan fingerprint density at radius 3 is 2.34 bits per heavy atom. The van der Waals surface area contributed by atoms with Gasteiger partial charge in [-0.15, -0.1) is 0 Å². The van der Waals surface area contributed by atoms with Crippen LogP contribution in [-0.2, 0) is 0 Å². The van der Waals surface area contributed by atoms with E-state index in [0.717, 1.165) is 10.2 Å². The third-order valence-electron chi connectivity index (χ3n) is 4.09. The Morgan fingerprint density at radius 2 is 1.69 bits per heavy atom. The molecular weight excluding hydrogens is 434 g/mol. The van der Waals surface area contributed by atoms with Crippen molar-refractivity contribution < 1.29 is 13.6 Å². The third-order valence-corrected chi connectivity index (χ3v) is 6.08. The summed E-state index contributed by atoms with van der Waals surface area (Å²) in [6.07, 6.45) is 0. The maximum atomic E-state index is 13.3. The second kappa shape index (κ2) is 8.49. The topological polar surface area (TPSA) is 33.2 Å². The minimum atomic E-state index is -2.50. The Morgan fingerprint density at radius 1 is 1.00 bits per heavy atom. The van der Waals surface area contributed by atoms with E-state index in [1.54, 1.807) is 48.5 Å². The second-order valence-corrected chi connectivity index (χ2v) is 8.49. The largest absolute Gasteiger partial charge is 0.288 e. The third kappa shape index (κ3) is 4.42. The van der Waals surface area contributed by atoms with Gasteiger partial charge in [-0.2, -0.15) is 8.78 Å². The van der Waals surface area contributed by atoms with E-state index in [4.69, 9.17) is 11.6 Å². The van der Waals surface area contributed by atoms with Gasteiger partial charge in [0, 0.05) is 15.5 Å². The van der Waals surface area contributed by atoms with Crippen LogP contribution in [0.3, 0.4) is 0 Å². The number of benzene rings is 3. The van der Waals surface area contributed by atoms with E-state index >= 15 is 0 Å². The van der Waals surface area contributed by atoms with Crippen LogP contribution in [-0.4, -0.2) is 16.6 Å². The number of carbonyl (C=O) groups excluding carboxylic acids is 1. The van der Waals surface area contributed by atoms with E-state index in [9.17, 15) is 13.6 Å². The van der Waals surface area contributed by atoms with Crippen LogP contribution in [0.15, 0.2) is 77.7 Å². The molecule has 3 nitrogen and oxygen atoms in total. The number of aromatic nitrogens is 1. The molecule has 0 spiro atoms. The van der Waals surface area contributed by atoms with Gasteiger partial charge in [0.2, 0.25) is 0 Å². The monoisotopic (exact) mass is 446 g/mol. The highest BCUT2D eigenvalue weighted by molar-refractivity contribution is 7.99. The summed E-state index contributed by atoms with van der Waals surface area (Å²) in [4.78, 5) is 19.8. The minimum absolute atomic E-state index is 0.282. The molecule has 146 valence electrons. The summed E-state index contributed by atoms with van der Waals surface area (Å²) in [5, 5.41) is 1.03. The van der Waals surface area contributed by atoms with Crippen molar-refractivity contribution in [3.63, 3.8) is 0 Å². The van der Waals surface area contributed by atoms with Crippen LogP contribution in [0.5, 0.6) is 0 Å². The van der Waals surface area contributed by atoms with Crippen molar-refractivity contribution in [3.8, 4) is 0 Å². The van der Waals surface area contributed by atoms with Gasteiger partial charge in [-0.05, 0) is 60.7 Å². The lowest BCUT2D eigenvalue weighted by atomic mass is 10.2. The quantitative estimate of drug-likeness (QED) is 0.303. The fourth-order valence-corrected chi connectivity index (χ4v) is 4.38. The maximum absolute atomic E-state index is 13.3. The van der Waals surface area contributed by atoms with Crippen molar-refractivity contribution in [3.05, 3.63) is 83.4 Å². The summed E-state index contributed by atoms with van der Waals surface area (Å²) in [5.41, 5.74) is 1.77. The zero-order valence-corrected chi connectivity index (χ0v) is 17.1. The van der Waals surface area contributed by atoms with Crippen LogP contribution >= 0.6 is 34.7 Å². The molecule has 1 aromatic heterocycles. The zero-order valence-electron chi connectivity index (χ0n) is 14.8. The molecule has 8 heteroatoms. The first-order valence-corrected chi connectivity index (χ1v) is 10.6. The number of thioether (sulfide) groups is 1. The molecule has 1 heterocycles. The Labute approximate surface area is 178 Å². The molecule has 4 aromatic rings. The van der Waals surface area contributed by atoms with Gasteiger partial charge in [0.05, 0.1) is 15.9 Å². The summed E-state index contributed by atoms with van der Waals surface area (Å²) in [5.74, 6) is -2.79. The van der Waals surface area contributed by atoms with E-state index in [0.29, 0.717) is 38.1 Å². The lowest BCUT2D eigenvalue weighted by Crippen LogP contribution is -2.25. The molecule has 0 aliphatic rings. The van der Waals surface area contributed by atoms with E-state index in [2.05, 4.69) is 4.98 Å². The van der Waals surface area contributed by atoms with Gasteiger partial charge in [0.25, 0.3) is 11.7 Å². The lowest BCUT2D eigenvalue weighted by Gasteiger charge is -2.20. The molecule has 3 aromatic carbocycles. The van der Waals surface area contributed by atoms with Crippen LogP contribution in [0, 0.1) is 0 Å². The number of hydrogen-bond donors (Lipinski definition) is 0. The van der Waals surface area contributed by atoms with E-state index in [1.807, 2.05) is 24.3 Å². The van der Waals surface area contributed by atoms with Crippen molar-refractivity contribution >= 4 is 61.6 Å². The van der Waals surface area contributed by atoms with E-state index in [1.165, 1.54) is 16.2 Å². The van der Waals surface area contributed by atoms with Crippen LogP contribution < -0.4 is 4.90 Å².